The van der Waals surface area contributed by atoms with Crippen LogP contribution in [0.2, 0.25) is 0 Å². The fourth-order valence-electron chi connectivity index (χ4n) is 6.22. The van der Waals surface area contributed by atoms with Gasteiger partial charge in [-0.3, -0.25) is 4.98 Å². The smallest absolute Gasteiger partial charge is 0.241 e. The molecule has 2 heteroatoms. The van der Waals surface area contributed by atoms with Crippen LogP contribution in [-0.4, -0.2) is 4.98 Å². The second kappa shape index (κ2) is 23.3. The van der Waals surface area contributed by atoms with Gasteiger partial charge in [-0.05, 0) is 31.2 Å². The van der Waals surface area contributed by atoms with Crippen molar-refractivity contribution in [3.8, 4) is 0 Å². The molecule has 2 aromatic rings. The Labute approximate surface area is 237 Å². The van der Waals surface area contributed by atoms with Gasteiger partial charge in [0.2, 0.25) is 6.33 Å². The molecule has 0 saturated carbocycles. The number of aromatic nitrogens is 2. The minimum Gasteiger partial charge on any atom is -0.250 e. The van der Waals surface area contributed by atoms with Crippen LogP contribution in [0.3, 0.4) is 0 Å². The monoisotopic (exact) mass is 523 g/mol. The van der Waals surface area contributed by atoms with Gasteiger partial charge in [0.25, 0.3) is 0 Å². The summed E-state index contributed by atoms with van der Waals surface area (Å²) in [4.78, 5) is 3.33. The molecule has 2 rings (SSSR count). The van der Waals surface area contributed by atoms with Crippen molar-refractivity contribution in [3.05, 3.63) is 54.6 Å². The number of rotatable bonds is 26. The Balaban J connectivity index is 1.71. The van der Waals surface area contributed by atoms with Crippen LogP contribution in [-0.2, 0) is 6.42 Å². The first-order valence-electron chi connectivity index (χ1n) is 16.9. The van der Waals surface area contributed by atoms with Crippen LogP contribution in [0, 0.1) is 5.92 Å². The number of imidazole rings is 1. The first-order valence-corrected chi connectivity index (χ1v) is 16.9. The molecule has 0 aliphatic carbocycles. The summed E-state index contributed by atoms with van der Waals surface area (Å²) >= 11 is 0. The van der Waals surface area contributed by atoms with Gasteiger partial charge in [0.05, 0.1) is 0 Å². The average Bonchev–Trinajstić information content (AvgIpc) is 3.48. The number of nitrogens with zero attached hydrogens (tertiary/aromatic N) is 1. The zero-order valence-electron chi connectivity index (χ0n) is 25.5. The first-order chi connectivity index (χ1) is 18.8. The fourth-order valence-corrected chi connectivity index (χ4v) is 6.22. The van der Waals surface area contributed by atoms with E-state index in [2.05, 4.69) is 72.5 Å². The average molecular weight is 524 g/mol. The van der Waals surface area contributed by atoms with Crippen molar-refractivity contribution in [1.82, 2.24) is 4.98 Å². The predicted octanol–water partition coefficient (Wildman–Crippen LogP) is 11.3. The lowest BCUT2D eigenvalue weighted by molar-refractivity contribution is -0.730. The highest BCUT2D eigenvalue weighted by Gasteiger charge is 2.26. The summed E-state index contributed by atoms with van der Waals surface area (Å²) in [6, 6.07) is 11.8. The number of benzene rings is 1. The Kier molecular flexibility index (Phi) is 20.0. The number of nitrogens with one attached hydrogen (secondary N) is 1. The van der Waals surface area contributed by atoms with Gasteiger partial charge < -0.3 is 0 Å². The number of aromatic amines is 1. The lowest BCUT2D eigenvalue weighted by Crippen LogP contribution is -2.42. The third-order valence-electron chi connectivity index (χ3n) is 8.62. The standard InChI is InChI=1S/C36H62N2/c1-3-5-7-9-11-12-13-14-15-16-17-18-20-25-29-36(38-31-30-37-33-38)35(28-24-19-10-8-6-4-2)32-34-26-22-21-23-27-34/h21-23,26-27,30-31,33,35-36H,3-20,24-25,28-29,32H2,1-2H3/p+1. The molecule has 0 spiro atoms. The fraction of sp³-hybridized carbons (Fsp3) is 0.750. The second-order valence-electron chi connectivity index (χ2n) is 12.0. The Morgan fingerprint density at radius 2 is 1.05 bits per heavy atom. The van der Waals surface area contributed by atoms with E-state index in [1.54, 1.807) is 0 Å². The van der Waals surface area contributed by atoms with Crippen LogP contribution in [0.1, 0.15) is 167 Å². The molecular weight excluding hydrogens is 460 g/mol. The molecular formula is C36H63N2+. The lowest BCUT2D eigenvalue weighted by atomic mass is 9.84. The van der Waals surface area contributed by atoms with Gasteiger partial charge in [-0.2, -0.15) is 0 Å². The lowest BCUT2D eigenvalue weighted by Gasteiger charge is -2.25. The molecule has 1 N–H and O–H groups in total. The molecule has 38 heavy (non-hydrogen) atoms. The molecule has 216 valence electrons. The van der Waals surface area contributed by atoms with Gasteiger partial charge in [0.15, 0.2) is 0 Å². The maximum atomic E-state index is 3.33. The van der Waals surface area contributed by atoms with Gasteiger partial charge >= 0.3 is 0 Å². The summed E-state index contributed by atoms with van der Waals surface area (Å²) < 4.78 is 2.49. The second-order valence-corrected chi connectivity index (χ2v) is 12.0. The van der Waals surface area contributed by atoms with E-state index < -0.39 is 0 Å². The van der Waals surface area contributed by atoms with Gasteiger partial charge in [-0.15, -0.1) is 0 Å². The molecule has 0 radical (unpaired) electrons. The molecule has 2 atom stereocenters. The van der Waals surface area contributed by atoms with Gasteiger partial charge in [-0.25, -0.2) is 4.57 Å². The summed E-state index contributed by atoms with van der Waals surface area (Å²) in [6.45, 7) is 4.62. The third kappa shape index (κ3) is 15.7. The van der Waals surface area contributed by atoms with Gasteiger partial charge in [-0.1, -0.05) is 166 Å². The largest absolute Gasteiger partial charge is 0.250 e. The summed E-state index contributed by atoms with van der Waals surface area (Å²) in [5.74, 6) is 0.714. The molecule has 0 aliphatic rings. The maximum Gasteiger partial charge on any atom is 0.241 e. The molecule has 1 aromatic carbocycles. The zero-order chi connectivity index (χ0) is 26.9. The predicted molar refractivity (Wildman–Crippen MR) is 167 cm³/mol. The quantitative estimate of drug-likeness (QED) is 0.0934. The van der Waals surface area contributed by atoms with E-state index in [4.69, 9.17) is 0 Å². The van der Waals surface area contributed by atoms with E-state index in [1.807, 2.05) is 0 Å². The van der Waals surface area contributed by atoms with Gasteiger partial charge in [0.1, 0.15) is 18.4 Å². The number of unbranched alkanes of at least 4 members (excludes halogenated alkanes) is 18. The first kappa shape index (κ1) is 32.6. The minimum absolute atomic E-state index is 0.606. The van der Waals surface area contributed by atoms with Crippen molar-refractivity contribution in [2.45, 2.75) is 168 Å². The molecule has 0 amide bonds. The van der Waals surface area contributed by atoms with Crippen LogP contribution in [0.4, 0.5) is 0 Å². The molecule has 0 saturated heterocycles. The topological polar surface area (TPSA) is 19.7 Å². The van der Waals surface area contributed by atoms with Crippen molar-refractivity contribution in [2.24, 2.45) is 5.92 Å². The highest BCUT2D eigenvalue weighted by Crippen LogP contribution is 2.29. The van der Waals surface area contributed by atoms with Crippen LogP contribution in [0.25, 0.3) is 0 Å². The highest BCUT2D eigenvalue weighted by atomic mass is 15.1. The number of hydrogen-bond donors (Lipinski definition) is 1. The van der Waals surface area contributed by atoms with Crippen LogP contribution >= 0.6 is 0 Å². The van der Waals surface area contributed by atoms with Crippen molar-refractivity contribution in [3.63, 3.8) is 0 Å². The number of H-pyrrole nitrogens is 1. The van der Waals surface area contributed by atoms with E-state index in [0.29, 0.717) is 12.0 Å². The van der Waals surface area contributed by atoms with Crippen molar-refractivity contribution in [2.75, 3.05) is 0 Å². The van der Waals surface area contributed by atoms with E-state index in [0.717, 1.165) is 0 Å². The van der Waals surface area contributed by atoms with E-state index in [-0.39, 0.29) is 0 Å². The molecule has 0 fully saturated rings. The summed E-state index contributed by atoms with van der Waals surface area (Å²) in [7, 11) is 0. The van der Waals surface area contributed by atoms with E-state index in [1.165, 1.54) is 153 Å². The summed E-state index contributed by atoms with van der Waals surface area (Å²) in [6.07, 6.45) is 38.8. The van der Waals surface area contributed by atoms with E-state index in [9.17, 15) is 0 Å². The minimum atomic E-state index is 0.606. The number of hydrogen-bond acceptors (Lipinski definition) is 0. The SMILES string of the molecule is CCCCCCCCCCCCCCCCC(C(CCCCCCCC)Cc1ccccc1)[n+]1cc[nH]c1. The van der Waals surface area contributed by atoms with Crippen LogP contribution < -0.4 is 4.57 Å². The highest BCUT2D eigenvalue weighted by molar-refractivity contribution is 5.15. The zero-order valence-corrected chi connectivity index (χ0v) is 25.5. The van der Waals surface area contributed by atoms with E-state index >= 15 is 0 Å². The van der Waals surface area contributed by atoms with Crippen molar-refractivity contribution in [1.29, 1.82) is 0 Å². The van der Waals surface area contributed by atoms with Crippen LogP contribution in [0.15, 0.2) is 49.1 Å². The molecule has 1 heterocycles. The Hall–Kier alpha value is -1.57. The van der Waals surface area contributed by atoms with Gasteiger partial charge in [0, 0.05) is 5.92 Å². The maximum absolute atomic E-state index is 3.33. The molecule has 2 unspecified atom stereocenters. The van der Waals surface area contributed by atoms with Crippen LogP contribution in [0.5, 0.6) is 0 Å². The third-order valence-corrected chi connectivity index (χ3v) is 8.62. The molecule has 0 aliphatic heterocycles. The van der Waals surface area contributed by atoms with Crippen molar-refractivity contribution >= 4 is 0 Å². The Bertz CT molecular complexity index is 723. The summed E-state index contributed by atoms with van der Waals surface area (Å²) in [5, 5.41) is 0. The molecule has 0 bridgehead atoms. The molecule has 1 aromatic heterocycles. The molecule has 2 nitrogen and oxygen atoms in total. The normalized spacial score (nSPS) is 13.1. The summed E-state index contributed by atoms with van der Waals surface area (Å²) in [5.41, 5.74) is 1.51. The van der Waals surface area contributed by atoms with Crippen molar-refractivity contribution < 1.29 is 4.57 Å². The Morgan fingerprint density at radius 1 is 0.579 bits per heavy atom. The Morgan fingerprint density at radius 3 is 1.53 bits per heavy atom.